The van der Waals surface area contributed by atoms with Crippen LogP contribution in [-0.2, 0) is 4.74 Å². The lowest BCUT2D eigenvalue weighted by Gasteiger charge is -2.11. The summed E-state index contributed by atoms with van der Waals surface area (Å²) in [5.41, 5.74) is 5.77. The number of carbonyl (C=O) groups excluding carboxylic acids is 2. The molecule has 0 saturated carbocycles. The van der Waals surface area contributed by atoms with E-state index in [9.17, 15) is 9.59 Å². The molecule has 2 heterocycles. The van der Waals surface area contributed by atoms with Gasteiger partial charge < -0.3 is 14.6 Å². The van der Waals surface area contributed by atoms with Crippen LogP contribution in [0.3, 0.4) is 0 Å². The Kier molecular flexibility index (Phi) is 6.16. The molecule has 2 aromatic heterocycles. The topological polar surface area (TPSA) is 81.4 Å². The zero-order chi connectivity index (χ0) is 23.7. The van der Waals surface area contributed by atoms with Gasteiger partial charge in [-0.1, -0.05) is 59.3 Å². The average molecular weight is 461 g/mol. The number of aryl methyl sites for hydroxylation is 4. The number of esters is 1. The smallest absolute Gasteiger partial charge is 0.341 e. The van der Waals surface area contributed by atoms with Gasteiger partial charge in [0.05, 0.1) is 7.11 Å². The molecular formula is C26H24N2O4S. The van der Waals surface area contributed by atoms with Gasteiger partial charge in [-0.15, -0.1) is 11.3 Å². The molecule has 7 heteroatoms. The molecule has 168 valence electrons. The van der Waals surface area contributed by atoms with Crippen molar-refractivity contribution in [2.75, 3.05) is 12.4 Å². The molecule has 0 radical (unpaired) electrons. The normalized spacial score (nSPS) is 10.8. The van der Waals surface area contributed by atoms with Crippen LogP contribution in [0.2, 0.25) is 0 Å². The van der Waals surface area contributed by atoms with Crippen LogP contribution >= 0.6 is 11.3 Å². The number of methoxy groups -OCH3 is 1. The highest BCUT2D eigenvalue weighted by molar-refractivity contribution is 7.17. The largest absolute Gasteiger partial charge is 0.465 e. The van der Waals surface area contributed by atoms with Crippen molar-refractivity contribution in [3.63, 3.8) is 0 Å². The molecule has 0 aliphatic heterocycles. The van der Waals surface area contributed by atoms with Crippen LogP contribution in [0.1, 0.15) is 42.5 Å². The number of thiophene rings is 1. The number of ether oxygens (including phenoxy) is 1. The summed E-state index contributed by atoms with van der Waals surface area (Å²) in [6.07, 6.45) is 0. The van der Waals surface area contributed by atoms with Gasteiger partial charge in [0.2, 0.25) is 0 Å². The number of aromatic nitrogens is 1. The lowest BCUT2D eigenvalue weighted by atomic mass is 9.95. The number of anilines is 1. The van der Waals surface area contributed by atoms with Crippen molar-refractivity contribution in [2.45, 2.75) is 27.7 Å². The third kappa shape index (κ3) is 4.19. The fourth-order valence-electron chi connectivity index (χ4n) is 3.95. The molecule has 0 unspecified atom stereocenters. The first kappa shape index (κ1) is 22.5. The Morgan fingerprint density at radius 1 is 1.00 bits per heavy atom. The minimum Gasteiger partial charge on any atom is -0.465 e. The van der Waals surface area contributed by atoms with Crippen molar-refractivity contribution in [1.82, 2.24) is 5.16 Å². The minimum atomic E-state index is -0.505. The molecule has 33 heavy (non-hydrogen) atoms. The van der Waals surface area contributed by atoms with Gasteiger partial charge in [0.1, 0.15) is 27.6 Å². The van der Waals surface area contributed by atoms with E-state index in [0.717, 1.165) is 32.7 Å². The Bertz CT molecular complexity index is 1350. The number of carbonyl (C=O) groups is 2. The number of nitrogens with zero attached hydrogens (tertiary/aromatic N) is 1. The Labute approximate surface area is 196 Å². The molecule has 1 N–H and O–H groups in total. The highest BCUT2D eigenvalue weighted by atomic mass is 32.1. The first-order valence-electron chi connectivity index (χ1n) is 10.4. The van der Waals surface area contributed by atoms with E-state index in [0.29, 0.717) is 27.6 Å². The van der Waals surface area contributed by atoms with Crippen LogP contribution in [0.4, 0.5) is 5.00 Å². The van der Waals surface area contributed by atoms with Gasteiger partial charge in [-0.3, -0.25) is 4.79 Å². The van der Waals surface area contributed by atoms with Gasteiger partial charge in [-0.2, -0.15) is 0 Å². The highest BCUT2D eigenvalue weighted by Gasteiger charge is 2.28. The SMILES string of the molecule is COC(=O)c1c(NC(=O)c2c(-c3ccccc3)noc2C)sc(C)c1-c1ccc(C)cc1C. The summed E-state index contributed by atoms with van der Waals surface area (Å²) in [5.74, 6) is -0.505. The second-order valence-electron chi connectivity index (χ2n) is 7.83. The van der Waals surface area contributed by atoms with Crippen molar-refractivity contribution in [1.29, 1.82) is 0 Å². The zero-order valence-corrected chi connectivity index (χ0v) is 19.9. The number of benzene rings is 2. The molecule has 1 amide bonds. The van der Waals surface area contributed by atoms with Crippen LogP contribution < -0.4 is 5.32 Å². The van der Waals surface area contributed by atoms with Gasteiger partial charge in [0, 0.05) is 16.0 Å². The summed E-state index contributed by atoms with van der Waals surface area (Å²) in [6.45, 7) is 7.65. The molecule has 0 fully saturated rings. The van der Waals surface area contributed by atoms with Gasteiger partial charge in [-0.05, 0) is 38.8 Å². The second kappa shape index (κ2) is 9.03. The number of rotatable bonds is 5. The fraction of sp³-hybridized carbons (Fsp3) is 0.192. The third-order valence-corrected chi connectivity index (χ3v) is 6.51. The van der Waals surface area contributed by atoms with Crippen LogP contribution in [0.25, 0.3) is 22.4 Å². The Hall–Kier alpha value is -3.71. The van der Waals surface area contributed by atoms with E-state index in [1.54, 1.807) is 6.92 Å². The first-order chi connectivity index (χ1) is 15.8. The zero-order valence-electron chi connectivity index (χ0n) is 19.1. The van der Waals surface area contributed by atoms with Crippen LogP contribution in [0, 0.1) is 27.7 Å². The van der Waals surface area contributed by atoms with Crippen LogP contribution in [0.15, 0.2) is 53.1 Å². The Balaban J connectivity index is 1.80. The number of hydrogen-bond acceptors (Lipinski definition) is 6. The molecular weight excluding hydrogens is 436 g/mol. The van der Waals surface area contributed by atoms with E-state index in [1.165, 1.54) is 18.4 Å². The maximum Gasteiger partial charge on any atom is 0.341 e. The molecule has 6 nitrogen and oxygen atoms in total. The van der Waals surface area contributed by atoms with E-state index < -0.39 is 11.9 Å². The van der Waals surface area contributed by atoms with E-state index >= 15 is 0 Å². The number of nitrogens with one attached hydrogen (secondary N) is 1. The number of hydrogen-bond donors (Lipinski definition) is 1. The van der Waals surface area contributed by atoms with Gasteiger partial charge >= 0.3 is 5.97 Å². The Morgan fingerprint density at radius 2 is 1.73 bits per heavy atom. The summed E-state index contributed by atoms with van der Waals surface area (Å²) < 4.78 is 10.4. The maximum absolute atomic E-state index is 13.4. The lowest BCUT2D eigenvalue weighted by molar-refractivity contribution is 0.0603. The third-order valence-electron chi connectivity index (χ3n) is 5.49. The summed E-state index contributed by atoms with van der Waals surface area (Å²) in [5, 5.41) is 7.44. The van der Waals surface area contributed by atoms with Crippen molar-refractivity contribution in [2.24, 2.45) is 0 Å². The molecule has 0 aliphatic rings. The molecule has 2 aromatic carbocycles. The van der Waals surface area contributed by atoms with Crippen molar-refractivity contribution in [3.05, 3.63) is 81.4 Å². The summed E-state index contributed by atoms with van der Waals surface area (Å²) in [6, 6.07) is 15.4. The Morgan fingerprint density at radius 3 is 2.39 bits per heavy atom. The van der Waals surface area contributed by atoms with Crippen molar-refractivity contribution < 1.29 is 18.8 Å². The predicted octanol–water partition coefficient (Wildman–Crippen LogP) is 6.34. The van der Waals surface area contributed by atoms with Crippen LogP contribution in [-0.4, -0.2) is 24.1 Å². The van der Waals surface area contributed by atoms with Crippen molar-refractivity contribution >= 4 is 28.2 Å². The molecule has 0 saturated heterocycles. The summed E-state index contributed by atoms with van der Waals surface area (Å²) in [7, 11) is 1.34. The van der Waals surface area contributed by atoms with Gasteiger partial charge in [0.25, 0.3) is 5.91 Å². The van der Waals surface area contributed by atoms with E-state index in [4.69, 9.17) is 9.26 Å². The molecule has 4 rings (SSSR count). The molecule has 0 aliphatic carbocycles. The maximum atomic E-state index is 13.4. The second-order valence-corrected chi connectivity index (χ2v) is 9.05. The summed E-state index contributed by atoms with van der Waals surface area (Å²) >= 11 is 1.34. The van der Waals surface area contributed by atoms with Crippen molar-refractivity contribution in [3.8, 4) is 22.4 Å². The standard InChI is InChI=1S/C26H24N2O4S/c1-14-11-12-19(15(2)13-14)21-17(4)33-25(22(21)26(30)31-5)27-24(29)20-16(3)32-28-23(20)18-9-7-6-8-10-18/h6-13H,1-5H3,(H,27,29). The van der Waals surface area contributed by atoms with E-state index in [1.807, 2.05) is 63.2 Å². The summed E-state index contributed by atoms with van der Waals surface area (Å²) in [4.78, 5) is 27.1. The quantitative estimate of drug-likeness (QED) is 0.351. The van der Waals surface area contributed by atoms with Crippen LogP contribution in [0.5, 0.6) is 0 Å². The van der Waals surface area contributed by atoms with Gasteiger partial charge in [0.15, 0.2) is 0 Å². The molecule has 4 aromatic rings. The molecule has 0 atom stereocenters. The highest BCUT2D eigenvalue weighted by Crippen LogP contribution is 2.42. The molecule has 0 spiro atoms. The fourth-order valence-corrected chi connectivity index (χ4v) is 5.00. The number of amides is 1. The predicted molar refractivity (Wildman–Crippen MR) is 130 cm³/mol. The van der Waals surface area contributed by atoms with E-state index in [-0.39, 0.29) is 0 Å². The van der Waals surface area contributed by atoms with E-state index in [2.05, 4.69) is 16.5 Å². The minimum absolute atomic E-state index is 0.330. The van der Waals surface area contributed by atoms with Gasteiger partial charge in [-0.25, -0.2) is 4.79 Å². The lowest BCUT2D eigenvalue weighted by Crippen LogP contribution is -2.15. The average Bonchev–Trinajstić information content (AvgIpc) is 3.33. The monoisotopic (exact) mass is 460 g/mol. The first-order valence-corrected chi connectivity index (χ1v) is 11.3. The molecule has 0 bridgehead atoms.